The number of carbonyl (C=O) groups is 1. The topological polar surface area (TPSA) is 72.9 Å². The van der Waals surface area contributed by atoms with Crippen LogP contribution in [0.3, 0.4) is 0 Å². The lowest BCUT2D eigenvalue weighted by Crippen LogP contribution is -2.27. The quantitative estimate of drug-likeness (QED) is 0.736. The predicted octanol–water partition coefficient (Wildman–Crippen LogP) is 0.925. The van der Waals surface area contributed by atoms with Crippen LogP contribution in [0.15, 0.2) is 24.5 Å². The first kappa shape index (κ1) is 10.5. The van der Waals surface area contributed by atoms with E-state index < -0.39 is 0 Å². The molecule has 1 unspecified atom stereocenters. The van der Waals surface area contributed by atoms with Gasteiger partial charge in [0.15, 0.2) is 0 Å². The van der Waals surface area contributed by atoms with Crippen molar-refractivity contribution in [3.8, 4) is 0 Å². The molecule has 0 aliphatic carbocycles. The van der Waals surface area contributed by atoms with E-state index in [1.807, 2.05) is 17.6 Å². The normalized spacial score (nSPS) is 12.6. The number of nitrogens with one attached hydrogen (secondary N) is 1. The number of nitrogen functional groups attached to an aromatic ring is 1. The summed E-state index contributed by atoms with van der Waals surface area (Å²) in [5.74, 6) is -0.0453. The van der Waals surface area contributed by atoms with Gasteiger partial charge in [-0.1, -0.05) is 0 Å². The molecule has 1 heterocycles. The Bertz CT molecular complexity index is 532. The van der Waals surface area contributed by atoms with E-state index in [9.17, 15) is 4.79 Å². The molecule has 3 N–H and O–H groups in total. The highest BCUT2D eigenvalue weighted by Crippen LogP contribution is 2.19. The molecule has 16 heavy (non-hydrogen) atoms. The van der Waals surface area contributed by atoms with Gasteiger partial charge in [0.2, 0.25) is 5.91 Å². The number of imidazole rings is 1. The molecule has 0 aliphatic heterocycles. The van der Waals surface area contributed by atoms with Gasteiger partial charge in [0.05, 0.1) is 17.4 Å². The van der Waals surface area contributed by atoms with Crippen LogP contribution in [0, 0.1) is 0 Å². The molecule has 0 saturated carbocycles. The van der Waals surface area contributed by atoms with Gasteiger partial charge in [-0.25, -0.2) is 4.98 Å². The Balaban J connectivity index is 2.50. The van der Waals surface area contributed by atoms with E-state index in [2.05, 4.69) is 10.3 Å². The Kier molecular flexibility index (Phi) is 2.52. The summed E-state index contributed by atoms with van der Waals surface area (Å²) in [5, 5.41) is 2.62. The standard InChI is InChI=1S/C11H14N4O/c1-7(11(16)13-2)15-6-14-9-5-8(12)3-4-10(9)15/h3-7H,12H2,1-2H3,(H,13,16). The second kappa shape index (κ2) is 3.84. The van der Waals surface area contributed by atoms with Crippen molar-refractivity contribution in [3.63, 3.8) is 0 Å². The zero-order chi connectivity index (χ0) is 11.7. The molecule has 1 amide bonds. The van der Waals surface area contributed by atoms with Crippen molar-refractivity contribution < 1.29 is 4.79 Å². The van der Waals surface area contributed by atoms with Gasteiger partial charge in [0.25, 0.3) is 0 Å². The van der Waals surface area contributed by atoms with Crippen LogP contribution in [0.25, 0.3) is 11.0 Å². The first-order valence-corrected chi connectivity index (χ1v) is 5.07. The van der Waals surface area contributed by atoms with Gasteiger partial charge >= 0.3 is 0 Å². The number of aromatic nitrogens is 2. The van der Waals surface area contributed by atoms with Crippen molar-refractivity contribution >= 4 is 22.6 Å². The Morgan fingerprint density at radius 3 is 3.00 bits per heavy atom. The highest BCUT2D eigenvalue weighted by molar-refractivity contribution is 5.84. The fraction of sp³-hybridized carbons (Fsp3) is 0.273. The Hall–Kier alpha value is -2.04. The van der Waals surface area contributed by atoms with E-state index in [-0.39, 0.29) is 11.9 Å². The van der Waals surface area contributed by atoms with Gasteiger partial charge in [0.1, 0.15) is 6.04 Å². The van der Waals surface area contributed by atoms with Crippen LogP contribution >= 0.6 is 0 Å². The summed E-state index contributed by atoms with van der Waals surface area (Å²) in [7, 11) is 1.62. The maximum absolute atomic E-state index is 11.5. The van der Waals surface area contributed by atoms with E-state index in [0.717, 1.165) is 11.0 Å². The van der Waals surface area contributed by atoms with E-state index in [4.69, 9.17) is 5.73 Å². The molecule has 1 aromatic carbocycles. The molecule has 0 fully saturated rings. The Morgan fingerprint density at radius 1 is 1.56 bits per heavy atom. The third-order valence-electron chi connectivity index (χ3n) is 2.64. The number of amides is 1. The summed E-state index contributed by atoms with van der Waals surface area (Å²) >= 11 is 0. The summed E-state index contributed by atoms with van der Waals surface area (Å²) in [6, 6.07) is 5.19. The van der Waals surface area contributed by atoms with E-state index in [0.29, 0.717) is 5.69 Å². The van der Waals surface area contributed by atoms with Crippen LogP contribution in [0.2, 0.25) is 0 Å². The van der Waals surface area contributed by atoms with Crippen LogP contribution in [0.4, 0.5) is 5.69 Å². The summed E-state index contributed by atoms with van der Waals surface area (Å²) in [6.45, 7) is 1.83. The van der Waals surface area contributed by atoms with Gasteiger partial charge in [-0.3, -0.25) is 4.79 Å². The molecule has 2 rings (SSSR count). The van der Waals surface area contributed by atoms with Gasteiger partial charge in [-0.15, -0.1) is 0 Å². The van der Waals surface area contributed by atoms with Crippen molar-refractivity contribution in [3.05, 3.63) is 24.5 Å². The summed E-state index contributed by atoms with van der Waals surface area (Å²) in [4.78, 5) is 15.8. The molecular formula is C11H14N4O. The highest BCUT2D eigenvalue weighted by atomic mass is 16.2. The van der Waals surface area contributed by atoms with Crippen LogP contribution in [0.5, 0.6) is 0 Å². The molecule has 2 aromatic rings. The number of rotatable bonds is 2. The van der Waals surface area contributed by atoms with Gasteiger partial charge < -0.3 is 15.6 Å². The Morgan fingerprint density at radius 2 is 2.31 bits per heavy atom. The summed E-state index contributed by atoms with van der Waals surface area (Å²) in [5.41, 5.74) is 8.05. The van der Waals surface area contributed by atoms with E-state index >= 15 is 0 Å². The molecule has 0 saturated heterocycles. The number of hydrogen-bond acceptors (Lipinski definition) is 3. The monoisotopic (exact) mass is 218 g/mol. The van der Waals surface area contributed by atoms with E-state index in [1.54, 1.807) is 25.5 Å². The van der Waals surface area contributed by atoms with Crippen molar-refractivity contribution in [1.29, 1.82) is 0 Å². The molecule has 84 valence electrons. The van der Waals surface area contributed by atoms with Crippen molar-refractivity contribution in [2.45, 2.75) is 13.0 Å². The minimum absolute atomic E-state index is 0.0453. The summed E-state index contributed by atoms with van der Waals surface area (Å²) < 4.78 is 1.83. The fourth-order valence-corrected chi connectivity index (χ4v) is 1.69. The van der Waals surface area contributed by atoms with Crippen molar-refractivity contribution in [1.82, 2.24) is 14.9 Å². The molecule has 0 bridgehead atoms. The van der Waals surface area contributed by atoms with Gasteiger partial charge in [0, 0.05) is 12.7 Å². The first-order valence-electron chi connectivity index (χ1n) is 5.07. The smallest absolute Gasteiger partial charge is 0.242 e. The molecule has 5 nitrogen and oxygen atoms in total. The maximum Gasteiger partial charge on any atom is 0.242 e. The summed E-state index contributed by atoms with van der Waals surface area (Å²) in [6.07, 6.45) is 1.66. The number of likely N-dealkylation sites (N-methyl/N-ethyl adjacent to an activating group) is 1. The average molecular weight is 218 g/mol. The number of fused-ring (bicyclic) bond motifs is 1. The van der Waals surface area contributed by atoms with Crippen LogP contribution in [0.1, 0.15) is 13.0 Å². The lowest BCUT2D eigenvalue weighted by Gasteiger charge is -2.12. The molecular weight excluding hydrogens is 204 g/mol. The molecule has 5 heteroatoms. The van der Waals surface area contributed by atoms with Crippen LogP contribution < -0.4 is 11.1 Å². The minimum Gasteiger partial charge on any atom is -0.399 e. The maximum atomic E-state index is 11.5. The number of anilines is 1. The second-order valence-corrected chi connectivity index (χ2v) is 3.69. The van der Waals surface area contributed by atoms with Crippen LogP contribution in [-0.2, 0) is 4.79 Å². The molecule has 1 aromatic heterocycles. The Labute approximate surface area is 93.3 Å². The molecule has 1 atom stereocenters. The fourth-order valence-electron chi connectivity index (χ4n) is 1.69. The molecule has 0 aliphatic rings. The third-order valence-corrected chi connectivity index (χ3v) is 2.64. The molecule has 0 radical (unpaired) electrons. The number of carbonyl (C=O) groups excluding carboxylic acids is 1. The number of nitrogens with zero attached hydrogens (tertiary/aromatic N) is 2. The van der Waals surface area contributed by atoms with Crippen LogP contribution in [-0.4, -0.2) is 22.5 Å². The SMILES string of the molecule is CNC(=O)C(C)n1cnc2cc(N)ccc21. The lowest BCUT2D eigenvalue weighted by molar-refractivity contribution is -0.123. The van der Waals surface area contributed by atoms with E-state index in [1.165, 1.54) is 0 Å². The number of benzene rings is 1. The average Bonchev–Trinajstić information content (AvgIpc) is 2.69. The lowest BCUT2D eigenvalue weighted by atomic mass is 10.2. The van der Waals surface area contributed by atoms with Crippen molar-refractivity contribution in [2.24, 2.45) is 0 Å². The van der Waals surface area contributed by atoms with Gasteiger partial charge in [-0.2, -0.15) is 0 Å². The second-order valence-electron chi connectivity index (χ2n) is 3.69. The minimum atomic E-state index is -0.279. The zero-order valence-corrected chi connectivity index (χ0v) is 9.27. The van der Waals surface area contributed by atoms with Crippen molar-refractivity contribution in [2.75, 3.05) is 12.8 Å². The molecule has 0 spiro atoms. The van der Waals surface area contributed by atoms with Gasteiger partial charge in [-0.05, 0) is 25.1 Å². The first-order chi connectivity index (χ1) is 7.63. The predicted molar refractivity (Wildman–Crippen MR) is 62.9 cm³/mol. The third kappa shape index (κ3) is 1.60. The largest absolute Gasteiger partial charge is 0.399 e. The number of nitrogens with two attached hydrogens (primary N) is 1. The zero-order valence-electron chi connectivity index (χ0n) is 9.27. The highest BCUT2D eigenvalue weighted by Gasteiger charge is 2.15. The number of hydrogen-bond donors (Lipinski definition) is 2.